The zero-order valence-electron chi connectivity index (χ0n) is 24.2. The van der Waals surface area contributed by atoms with E-state index in [1.54, 1.807) is 7.11 Å². The number of hydrogen-bond acceptors (Lipinski definition) is 9. The predicted octanol–water partition coefficient (Wildman–Crippen LogP) is 4.89. The number of ether oxygens (including phenoxy) is 4. The van der Waals surface area contributed by atoms with Crippen molar-refractivity contribution in [3.63, 3.8) is 0 Å². The van der Waals surface area contributed by atoms with Gasteiger partial charge in [-0.3, -0.25) is 4.79 Å². The average molecular weight is 576 g/mol. The van der Waals surface area contributed by atoms with Crippen LogP contribution in [-0.2, 0) is 25.4 Å². The molecule has 1 aromatic heterocycles. The number of nitrogens with zero attached hydrogens (tertiary/aromatic N) is 3. The lowest BCUT2D eigenvalue weighted by atomic mass is 10.1. The second-order valence-electron chi connectivity index (χ2n) is 9.69. The first kappa shape index (κ1) is 30.5. The quantitative estimate of drug-likeness (QED) is 0.218. The van der Waals surface area contributed by atoms with Crippen molar-refractivity contribution in [2.75, 3.05) is 58.6 Å². The Labute approximate surface area is 245 Å². The van der Waals surface area contributed by atoms with Gasteiger partial charge in [-0.15, -0.1) is 0 Å². The maximum atomic E-state index is 12.8. The highest BCUT2D eigenvalue weighted by molar-refractivity contribution is 5.95. The summed E-state index contributed by atoms with van der Waals surface area (Å²) >= 11 is 0. The number of carbonyl (C=O) groups excluding carboxylic acids is 2. The molecule has 42 heavy (non-hydrogen) atoms. The number of carbonyl (C=O) groups is 2. The zero-order valence-corrected chi connectivity index (χ0v) is 24.2. The first-order valence-corrected chi connectivity index (χ1v) is 13.8. The number of cyclic esters (lactones) is 1. The minimum Gasteiger partial charge on any atom is -0.492 e. The molecule has 1 unspecified atom stereocenters. The number of imide groups is 1. The molecule has 1 aliphatic heterocycles. The fourth-order valence-electron chi connectivity index (χ4n) is 4.15. The Hall–Kier alpha value is -4.41. The third-order valence-corrected chi connectivity index (χ3v) is 6.50. The second kappa shape index (κ2) is 15.6. The summed E-state index contributed by atoms with van der Waals surface area (Å²) in [6.07, 6.45) is -1.14. The minimum absolute atomic E-state index is 0.197. The summed E-state index contributed by atoms with van der Waals surface area (Å²) in [4.78, 5) is 32.1. The molecule has 4 aromatic rings. The molecule has 0 saturated carbocycles. The molecule has 0 radical (unpaired) electrons. The van der Waals surface area contributed by atoms with E-state index in [4.69, 9.17) is 23.4 Å². The van der Waals surface area contributed by atoms with Crippen LogP contribution in [0.15, 0.2) is 83.3 Å². The third kappa shape index (κ3) is 8.79. The zero-order chi connectivity index (χ0) is 29.7. The number of oxazole rings is 1. The molecule has 222 valence electrons. The Morgan fingerprint density at radius 3 is 2.38 bits per heavy atom. The predicted molar refractivity (Wildman–Crippen MR) is 159 cm³/mol. The van der Waals surface area contributed by atoms with Gasteiger partial charge in [-0.25, -0.2) is 9.69 Å². The van der Waals surface area contributed by atoms with Crippen molar-refractivity contribution in [1.29, 1.82) is 0 Å². The molecule has 10 heteroatoms. The Balaban J connectivity index is 0.000000507. The van der Waals surface area contributed by atoms with E-state index in [0.717, 1.165) is 21.6 Å². The summed E-state index contributed by atoms with van der Waals surface area (Å²) in [5.74, 6) is 0.289. The highest BCUT2D eigenvalue weighted by Gasteiger charge is 2.34. The Morgan fingerprint density at radius 2 is 1.74 bits per heavy atom. The van der Waals surface area contributed by atoms with Gasteiger partial charge in [0.05, 0.1) is 26.3 Å². The van der Waals surface area contributed by atoms with Crippen molar-refractivity contribution in [3.8, 4) is 5.75 Å². The van der Waals surface area contributed by atoms with Crippen LogP contribution in [0, 0.1) is 6.92 Å². The molecule has 1 atom stereocenters. The molecule has 2 amide bonds. The van der Waals surface area contributed by atoms with Crippen molar-refractivity contribution in [3.05, 3.63) is 90.0 Å². The van der Waals surface area contributed by atoms with Crippen molar-refractivity contribution in [2.45, 2.75) is 19.4 Å². The largest absolute Gasteiger partial charge is 0.492 e. The SMILES string of the molecule is COCCOC(Cc1ccc(OCCN(C)c2nc3ccccc3o2)cc1)C(=O)N1CCOC1=O.Cc1ccccc1. The van der Waals surface area contributed by atoms with E-state index in [2.05, 4.69) is 24.0 Å². The monoisotopic (exact) mass is 575 g/mol. The van der Waals surface area contributed by atoms with Crippen LogP contribution in [0.4, 0.5) is 10.8 Å². The lowest BCUT2D eigenvalue weighted by molar-refractivity contribution is -0.140. The number of likely N-dealkylation sites (N-methyl/N-ethyl adjacent to an activating group) is 1. The number of methoxy groups -OCH3 is 1. The number of hydrogen-bond donors (Lipinski definition) is 0. The fourth-order valence-corrected chi connectivity index (χ4v) is 4.15. The maximum Gasteiger partial charge on any atom is 0.416 e. The number of para-hydroxylation sites is 2. The van der Waals surface area contributed by atoms with Crippen LogP contribution in [0.3, 0.4) is 0 Å². The standard InChI is InChI=1S/C25H29N3O7.C7H8/c1-27(24-26-20-5-3-4-6-21(20)35-24)11-13-32-19-9-7-18(8-10-19)17-22(33-16-15-31-2)23(29)28-12-14-34-25(28)30;1-7-5-3-2-4-6-7/h3-10,22H,11-17H2,1-2H3;2-6H,1H3. The van der Waals surface area contributed by atoms with Gasteiger partial charge in [0.2, 0.25) is 0 Å². The average Bonchev–Trinajstić information content (AvgIpc) is 3.64. The molecule has 1 saturated heterocycles. The molecule has 5 rings (SSSR count). The second-order valence-corrected chi connectivity index (χ2v) is 9.69. The smallest absolute Gasteiger partial charge is 0.416 e. The van der Waals surface area contributed by atoms with Crippen LogP contribution in [0.2, 0.25) is 0 Å². The summed E-state index contributed by atoms with van der Waals surface area (Å²) in [5, 5.41) is 0. The van der Waals surface area contributed by atoms with Gasteiger partial charge in [0.1, 0.15) is 30.6 Å². The Bertz CT molecular complexity index is 1380. The highest BCUT2D eigenvalue weighted by Crippen LogP contribution is 2.21. The van der Waals surface area contributed by atoms with Crippen LogP contribution < -0.4 is 9.64 Å². The van der Waals surface area contributed by atoms with Crippen LogP contribution in [0.5, 0.6) is 5.75 Å². The van der Waals surface area contributed by atoms with Crippen molar-refractivity contribution >= 4 is 29.1 Å². The van der Waals surface area contributed by atoms with Gasteiger partial charge in [0.25, 0.3) is 11.9 Å². The lowest BCUT2D eigenvalue weighted by Gasteiger charge is -2.21. The number of anilines is 1. The summed E-state index contributed by atoms with van der Waals surface area (Å²) < 4.78 is 27.2. The lowest BCUT2D eigenvalue weighted by Crippen LogP contribution is -2.42. The Morgan fingerprint density at radius 1 is 1.00 bits per heavy atom. The topological polar surface area (TPSA) is 104 Å². The molecule has 1 aliphatic rings. The van der Waals surface area contributed by atoms with E-state index in [-0.39, 0.29) is 19.8 Å². The van der Waals surface area contributed by atoms with Gasteiger partial charge in [-0.05, 0) is 36.8 Å². The Kier molecular flexibility index (Phi) is 11.3. The van der Waals surface area contributed by atoms with E-state index in [9.17, 15) is 9.59 Å². The molecular weight excluding hydrogens is 538 g/mol. The molecular formula is C32H37N3O7. The van der Waals surface area contributed by atoms with E-state index in [1.165, 1.54) is 5.56 Å². The summed E-state index contributed by atoms with van der Waals surface area (Å²) in [5.41, 5.74) is 3.76. The number of amides is 2. The molecule has 2 heterocycles. The van der Waals surface area contributed by atoms with Gasteiger partial charge in [-0.1, -0.05) is 60.2 Å². The van der Waals surface area contributed by atoms with E-state index in [1.807, 2.05) is 78.7 Å². The van der Waals surface area contributed by atoms with Gasteiger partial charge in [0, 0.05) is 20.6 Å². The summed E-state index contributed by atoms with van der Waals surface area (Å²) in [6.45, 7) is 4.12. The molecule has 0 N–H and O–H groups in total. The summed E-state index contributed by atoms with van der Waals surface area (Å²) in [6, 6.07) is 25.9. The molecule has 3 aromatic carbocycles. The molecule has 10 nitrogen and oxygen atoms in total. The van der Waals surface area contributed by atoms with Gasteiger partial charge < -0.3 is 28.3 Å². The van der Waals surface area contributed by atoms with E-state index >= 15 is 0 Å². The van der Waals surface area contributed by atoms with Crippen LogP contribution in [-0.4, -0.2) is 81.7 Å². The van der Waals surface area contributed by atoms with Gasteiger partial charge in [-0.2, -0.15) is 4.98 Å². The molecule has 0 bridgehead atoms. The van der Waals surface area contributed by atoms with Crippen molar-refractivity contribution in [1.82, 2.24) is 9.88 Å². The fraction of sp³-hybridized carbons (Fsp3) is 0.344. The normalized spacial score (nSPS) is 13.3. The number of benzene rings is 3. The van der Waals surface area contributed by atoms with E-state index in [0.29, 0.717) is 37.9 Å². The van der Waals surface area contributed by atoms with E-state index < -0.39 is 18.1 Å². The van der Waals surface area contributed by atoms with Crippen molar-refractivity contribution < 1.29 is 33.0 Å². The first-order chi connectivity index (χ1) is 20.4. The maximum absolute atomic E-state index is 12.8. The number of aryl methyl sites for hydroxylation is 1. The number of rotatable bonds is 12. The van der Waals surface area contributed by atoms with Gasteiger partial charge in [0.15, 0.2) is 5.58 Å². The minimum atomic E-state index is -0.812. The van der Waals surface area contributed by atoms with Gasteiger partial charge >= 0.3 is 6.09 Å². The van der Waals surface area contributed by atoms with Crippen molar-refractivity contribution in [2.24, 2.45) is 0 Å². The molecule has 0 spiro atoms. The molecule has 1 fully saturated rings. The number of aromatic nitrogens is 1. The highest BCUT2D eigenvalue weighted by atomic mass is 16.6. The van der Waals surface area contributed by atoms with Crippen LogP contribution in [0.1, 0.15) is 11.1 Å². The van der Waals surface area contributed by atoms with Crippen LogP contribution >= 0.6 is 0 Å². The number of fused-ring (bicyclic) bond motifs is 1. The molecule has 0 aliphatic carbocycles. The van der Waals surface area contributed by atoms with Crippen LogP contribution in [0.25, 0.3) is 11.1 Å². The summed E-state index contributed by atoms with van der Waals surface area (Å²) in [7, 11) is 3.45. The first-order valence-electron chi connectivity index (χ1n) is 13.8. The third-order valence-electron chi connectivity index (χ3n) is 6.50.